The highest BCUT2D eigenvalue weighted by Gasteiger charge is 2.18. The zero-order chi connectivity index (χ0) is 10.6. The van der Waals surface area contributed by atoms with Crippen LogP contribution < -0.4 is 0 Å². The van der Waals surface area contributed by atoms with Crippen LogP contribution >= 0.6 is 0 Å². The van der Waals surface area contributed by atoms with Crippen molar-refractivity contribution in [3.63, 3.8) is 0 Å². The van der Waals surface area contributed by atoms with Gasteiger partial charge in [-0.2, -0.15) is 0 Å². The summed E-state index contributed by atoms with van der Waals surface area (Å²) >= 11 is 0. The Bertz CT molecular complexity index is 330. The van der Waals surface area contributed by atoms with Crippen molar-refractivity contribution in [2.45, 2.75) is 20.0 Å². The second-order valence-corrected chi connectivity index (χ2v) is 3.01. The molecule has 0 aliphatic rings. The standard InChI is InChI=1S/C11H12O3/c1-8(12)11(14-9(2)13)10-6-4-3-5-7-10/h3-7,11H,1-2H3. The van der Waals surface area contributed by atoms with Crippen LogP contribution in [0, 0.1) is 0 Å². The summed E-state index contributed by atoms with van der Waals surface area (Å²) in [6.45, 7) is 2.69. The van der Waals surface area contributed by atoms with Crippen molar-refractivity contribution in [3.8, 4) is 0 Å². The first-order chi connectivity index (χ1) is 6.61. The molecule has 0 aliphatic carbocycles. The molecule has 3 heteroatoms. The van der Waals surface area contributed by atoms with E-state index in [0.717, 1.165) is 0 Å². The van der Waals surface area contributed by atoms with Gasteiger partial charge in [0.2, 0.25) is 0 Å². The molecule has 1 aromatic carbocycles. The minimum absolute atomic E-state index is 0.175. The van der Waals surface area contributed by atoms with E-state index in [4.69, 9.17) is 4.74 Å². The summed E-state index contributed by atoms with van der Waals surface area (Å²) < 4.78 is 4.91. The molecule has 0 saturated heterocycles. The fourth-order valence-corrected chi connectivity index (χ4v) is 1.18. The van der Waals surface area contributed by atoms with Gasteiger partial charge in [-0.15, -0.1) is 0 Å². The van der Waals surface area contributed by atoms with E-state index < -0.39 is 12.1 Å². The highest BCUT2D eigenvalue weighted by Crippen LogP contribution is 2.17. The predicted octanol–water partition coefficient (Wildman–Crippen LogP) is 1.88. The Kier molecular flexibility index (Phi) is 3.40. The molecule has 1 aromatic rings. The van der Waals surface area contributed by atoms with E-state index in [1.54, 1.807) is 24.3 Å². The van der Waals surface area contributed by atoms with Crippen molar-refractivity contribution in [2.24, 2.45) is 0 Å². The maximum atomic E-state index is 11.2. The number of hydrogen-bond donors (Lipinski definition) is 0. The van der Waals surface area contributed by atoms with E-state index in [2.05, 4.69) is 0 Å². The van der Waals surface area contributed by atoms with Crippen molar-refractivity contribution in [2.75, 3.05) is 0 Å². The molecule has 74 valence electrons. The average molecular weight is 192 g/mol. The number of benzene rings is 1. The Hall–Kier alpha value is -1.64. The molecule has 1 unspecified atom stereocenters. The van der Waals surface area contributed by atoms with E-state index >= 15 is 0 Å². The van der Waals surface area contributed by atoms with Gasteiger partial charge in [0, 0.05) is 6.92 Å². The van der Waals surface area contributed by atoms with Gasteiger partial charge in [-0.1, -0.05) is 30.3 Å². The molecular formula is C11H12O3. The number of carbonyl (C=O) groups is 2. The fourth-order valence-electron chi connectivity index (χ4n) is 1.18. The quantitative estimate of drug-likeness (QED) is 0.687. The van der Waals surface area contributed by atoms with Gasteiger partial charge in [0.1, 0.15) is 0 Å². The lowest BCUT2D eigenvalue weighted by Crippen LogP contribution is -2.15. The van der Waals surface area contributed by atoms with Crippen LogP contribution in [0.5, 0.6) is 0 Å². The Balaban J connectivity index is 2.89. The number of ether oxygens (including phenoxy) is 1. The van der Waals surface area contributed by atoms with Crippen molar-refractivity contribution >= 4 is 11.8 Å². The maximum Gasteiger partial charge on any atom is 0.303 e. The zero-order valence-corrected chi connectivity index (χ0v) is 8.19. The van der Waals surface area contributed by atoms with Crippen molar-refractivity contribution < 1.29 is 14.3 Å². The van der Waals surface area contributed by atoms with E-state index in [1.807, 2.05) is 6.07 Å². The largest absolute Gasteiger partial charge is 0.450 e. The van der Waals surface area contributed by atoms with Gasteiger partial charge in [0.15, 0.2) is 11.9 Å². The summed E-state index contributed by atoms with van der Waals surface area (Å²) in [5.41, 5.74) is 0.704. The van der Waals surface area contributed by atoms with E-state index in [9.17, 15) is 9.59 Å². The lowest BCUT2D eigenvalue weighted by molar-refractivity contribution is -0.152. The molecule has 0 amide bonds. The van der Waals surface area contributed by atoms with Gasteiger partial charge in [0.05, 0.1) is 0 Å². The first-order valence-electron chi connectivity index (χ1n) is 4.34. The van der Waals surface area contributed by atoms with Crippen molar-refractivity contribution in [1.82, 2.24) is 0 Å². The zero-order valence-electron chi connectivity index (χ0n) is 8.19. The summed E-state index contributed by atoms with van der Waals surface area (Å²) in [5, 5.41) is 0. The molecule has 1 rings (SSSR count). The lowest BCUT2D eigenvalue weighted by Gasteiger charge is -2.13. The number of ketones is 1. The lowest BCUT2D eigenvalue weighted by atomic mass is 10.1. The van der Waals surface area contributed by atoms with E-state index in [0.29, 0.717) is 5.56 Å². The van der Waals surface area contributed by atoms with E-state index in [-0.39, 0.29) is 5.78 Å². The highest BCUT2D eigenvalue weighted by molar-refractivity contribution is 5.84. The number of Topliss-reactive ketones (excluding diaryl/α,β-unsaturated/α-hetero) is 1. The minimum atomic E-state index is -0.770. The molecule has 0 radical (unpaired) electrons. The monoisotopic (exact) mass is 192 g/mol. The van der Waals surface area contributed by atoms with Crippen LogP contribution in [0.15, 0.2) is 30.3 Å². The summed E-state index contributed by atoms with van der Waals surface area (Å²) in [6.07, 6.45) is -0.770. The van der Waals surface area contributed by atoms with Gasteiger partial charge < -0.3 is 4.74 Å². The number of carbonyl (C=O) groups excluding carboxylic acids is 2. The molecule has 14 heavy (non-hydrogen) atoms. The minimum Gasteiger partial charge on any atom is -0.450 e. The number of rotatable bonds is 3. The molecule has 0 aliphatic heterocycles. The Morgan fingerprint density at radius 1 is 1.14 bits per heavy atom. The molecular weight excluding hydrogens is 180 g/mol. The molecule has 0 aromatic heterocycles. The van der Waals surface area contributed by atoms with Gasteiger partial charge in [0.25, 0.3) is 0 Å². The Morgan fingerprint density at radius 2 is 1.71 bits per heavy atom. The Morgan fingerprint density at radius 3 is 2.14 bits per heavy atom. The van der Waals surface area contributed by atoms with Crippen LogP contribution in [0.3, 0.4) is 0 Å². The fraction of sp³-hybridized carbons (Fsp3) is 0.273. The van der Waals surface area contributed by atoms with Crippen molar-refractivity contribution in [1.29, 1.82) is 0 Å². The first kappa shape index (κ1) is 10.4. The summed E-state index contributed by atoms with van der Waals surface area (Å²) in [4.78, 5) is 22.0. The van der Waals surface area contributed by atoms with Crippen LogP contribution in [0.4, 0.5) is 0 Å². The average Bonchev–Trinajstić information content (AvgIpc) is 2.15. The summed E-state index contributed by atoms with van der Waals surface area (Å²) in [7, 11) is 0. The third-order valence-corrected chi connectivity index (χ3v) is 1.76. The predicted molar refractivity (Wildman–Crippen MR) is 51.6 cm³/mol. The van der Waals surface area contributed by atoms with E-state index in [1.165, 1.54) is 13.8 Å². The highest BCUT2D eigenvalue weighted by atomic mass is 16.5. The topological polar surface area (TPSA) is 43.4 Å². The third kappa shape index (κ3) is 2.69. The van der Waals surface area contributed by atoms with Crippen LogP contribution in [0.1, 0.15) is 25.5 Å². The molecule has 0 N–H and O–H groups in total. The van der Waals surface area contributed by atoms with Gasteiger partial charge in [-0.3, -0.25) is 9.59 Å². The van der Waals surface area contributed by atoms with Gasteiger partial charge in [-0.05, 0) is 12.5 Å². The molecule has 0 fully saturated rings. The summed E-state index contributed by atoms with van der Waals surface area (Å²) in [5.74, 6) is -0.625. The second kappa shape index (κ2) is 4.56. The van der Waals surface area contributed by atoms with Crippen LogP contribution in [0.25, 0.3) is 0 Å². The molecule has 3 nitrogen and oxygen atoms in total. The molecule has 0 heterocycles. The number of hydrogen-bond acceptors (Lipinski definition) is 3. The Labute approximate surface area is 82.7 Å². The molecule has 1 atom stereocenters. The molecule has 0 spiro atoms. The smallest absolute Gasteiger partial charge is 0.303 e. The second-order valence-electron chi connectivity index (χ2n) is 3.01. The first-order valence-corrected chi connectivity index (χ1v) is 4.34. The molecule has 0 saturated carbocycles. The number of esters is 1. The van der Waals surface area contributed by atoms with Gasteiger partial charge in [-0.25, -0.2) is 0 Å². The summed E-state index contributed by atoms with van der Waals surface area (Å²) in [6, 6.07) is 8.96. The third-order valence-electron chi connectivity index (χ3n) is 1.76. The van der Waals surface area contributed by atoms with Gasteiger partial charge >= 0.3 is 5.97 Å². The van der Waals surface area contributed by atoms with Crippen molar-refractivity contribution in [3.05, 3.63) is 35.9 Å². The van der Waals surface area contributed by atoms with Crippen LogP contribution in [-0.2, 0) is 14.3 Å². The van der Waals surface area contributed by atoms with Crippen LogP contribution in [0.2, 0.25) is 0 Å². The maximum absolute atomic E-state index is 11.2. The SMILES string of the molecule is CC(=O)OC(C(C)=O)c1ccccc1. The van der Waals surface area contributed by atoms with Crippen LogP contribution in [-0.4, -0.2) is 11.8 Å². The molecule has 0 bridgehead atoms. The normalized spacial score (nSPS) is 11.9.